The molecular weight excluding hydrogens is 352 g/mol. The number of carbonyl (C=O) groups is 2. The van der Waals surface area contributed by atoms with Gasteiger partial charge in [0, 0.05) is 18.8 Å². The number of esters is 1. The largest absolute Gasteiger partial charge is 0.465 e. The van der Waals surface area contributed by atoms with Crippen LogP contribution in [0.25, 0.3) is 0 Å². The second-order valence-corrected chi connectivity index (χ2v) is 7.22. The van der Waals surface area contributed by atoms with E-state index in [9.17, 15) is 9.59 Å². The second kappa shape index (κ2) is 9.40. The Balaban J connectivity index is 1.71. The zero-order chi connectivity index (χ0) is 19.9. The maximum atomic E-state index is 12.7. The van der Waals surface area contributed by atoms with Crippen LogP contribution < -0.4 is 10.2 Å². The zero-order valence-electron chi connectivity index (χ0n) is 16.6. The van der Waals surface area contributed by atoms with E-state index in [0.717, 1.165) is 18.7 Å². The summed E-state index contributed by atoms with van der Waals surface area (Å²) in [5.74, 6) is -0.538. The molecule has 2 aromatic rings. The van der Waals surface area contributed by atoms with Crippen molar-refractivity contribution in [3.63, 3.8) is 0 Å². The van der Waals surface area contributed by atoms with E-state index in [1.807, 2.05) is 19.1 Å². The smallest absolute Gasteiger partial charge is 0.338 e. The Kier molecular flexibility index (Phi) is 6.69. The number of benzene rings is 2. The number of rotatable bonds is 6. The molecule has 0 spiro atoms. The highest BCUT2D eigenvalue weighted by molar-refractivity contribution is 5.93. The molecule has 2 aromatic carbocycles. The van der Waals surface area contributed by atoms with Gasteiger partial charge in [0.2, 0.25) is 5.91 Å². The van der Waals surface area contributed by atoms with Crippen molar-refractivity contribution in [2.75, 3.05) is 25.1 Å². The maximum Gasteiger partial charge on any atom is 0.338 e. The third kappa shape index (κ3) is 4.71. The Bertz CT molecular complexity index is 828. The molecule has 28 heavy (non-hydrogen) atoms. The maximum absolute atomic E-state index is 12.7. The van der Waals surface area contributed by atoms with E-state index in [1.165, 1.54) is 32.1 Å². The second-order valence-electron chi connectivity index (χ2n) is 7.22. The molecule has 148 valence electrons. The van der Waals surface area contributed by atoms with Gasteiger partial charge < -0.3 is 15.0 Å². The topological polar surface area (TPSA) is 58.6 Å². The van der Waals surface area contributed by atoms with Crippen LogP contribution in [0.5, 0.6) is 0 Å². The molecule has 5 heteroatoms. The molecule has 1 atom stereocenters. The lowest BCUT2D eigenvalue weighted by atomic mass is 10.0. The number of piperidine rings is 1. The number of hydrogen-bond acceptors (Lipinski definition) is 4. The van der Waals surface area contributed by atoms with Gasteiger partial charge in [0.1, 0.15) is 0 Å². The predicted molar refractivity (Wildman–Crippen MR) is 111 cm³/mol. The fraction of sp³-hybridized carbons (Fsp3) is 0.391. The van der Waals surface area contributed by atoms with Gasteiger partial charge in [-0.25, -0.2) is 4.79 Å². The average Bonchev–Trinajstić information content (AvgIpc) is 2.74. The third-order valence-corrected chi connectivity index (χ3v) is 5.25. The molecule has 1 saturated heterocycles. The summed E-state index contributed by atoms with van der Waals surface area (Å²) in [6, 6.07) is 15.2. The van der Waals surface area contributed by atoms with Crippen LogP contribution in [0.3, 0.4) is 0 Å². The Morgan fingerprint density at radius 1 is 1.04 bits per heavy atom. The number of amides is 1. The number of para-hydroxylation sites is 1. The van der Waals surface area contributed by atoms with Crippen LogP contribution in [0.15, 0.2) is 48.5 Å². The van der Waals surface area contributed by atoms with Crippen molar-refractivity contribution in [1.82, 2.24) is 5.32 Å². The van der Waals surface area contributed by atoms with E-state index in [2.05, 4.69) is 28.4 Å². The Hall–Kier alpha value is -2.82. The lowest BCUT2D eigenvalue weighted by Crippen LogP contribution is -2.33. The summed E-state index contributed by atoms with van der Waals surface area (Å²) in [6.45, 7) is 4.13. The molecule has 1 unspecified atom stereocenters. The lowest BCUT2D eigenvalue weighted by Gasteiger charge is -2.32. The molecule has 0 bridgehead atoms. The normalized spacial score (nSPS) is 15.0. The van der Waals surface area contributed by atoms with Crippen molar-refractivity contribution in [2.45, 2.75) is 38.6 Å². The molecule has 1 amide bonds. The first-order valence-electron chi connectivity index (χ1n) is 9.89. The molecule has 1 aliphatic heterocycles. The summed E-state index contributed by atoms with van der Waals surface area (Å²) in [4.78, 5) is 27.0. The molecule has 0 aromatic heterocycles. The first-order valence-corrected chi connectivity index (χ1v) is 9.89. The molecule has 1 heterocycles. The van der Waals surface area contributed by atoms with Crippen molar-refractivity contribution in [1.29, 1.82) is 0 Å². The highest BCUT2D eigenvalue weighted by atomic mass is 16.5. The number of ether oxygens (including phenoxy) is 1. The summed E-state index contributed by atoms with van der Waals surface area (Å²) in [5, 5.41) is 3.09. The number of anilines is 1. The quantitative estimate of drug-likeness (QED) is 0.773. The molecule has 0 aliphatic carbocycles. The molecule has 0 radical (unpaired) electrons. The fourth-order valence-corrected chi connectivity index (χ4v) is 3.80. The van der Waals surface area contributed by atoms with E-state index >= 15 is 0 Å². The first kappa shape index (κ1) is 19.9. The van der Waals surface area contributed by atoms with Gasteiger partial charge in [-0.15, -0.1) is 0 Å². The molecule has 1 aliphatic rings. The van der Waals surface area contributed by atoms with E-state index in [-0.39, 0.29) is 18.4 Å². The van der Waals surface area contributed by atoms with Crippen molar-refractivity contribution in [2.24, 2.45) is 0 Å². The standard InChI is InChI=1S/C23H28N2O3/c1-17(19-11-6-7-13-21(19)25-14-8-3-9-15-25)24-22(26)16-18-10-4-5-12-20(18)23(27)28-2/h4-7,10-13,17H,3,8-9,14-16H2,1-2H3,(H,24,26). The van der Waals surface area contributed by atoms with Gasteiger partial charge in [0.25, 0.3) is 0 Å². The molecular formula is C23H28N2O3. The minimum Gasteiger partial charge on any atom is -0.465 e. The summed E-state index contributed by atoms with van der Waals surface area (Å²) in [5.41, 5.74) is 3.42. The number of methoxy groups -OCH3 is 1. The molecule has 1 fully saturated rings. The number of nitrogens with zero attached hydrogens (tertiary/aromatic N) is 1. The SMILES string of the molecule is COC(=O)c1ccccc1CC(=O)NC(C)c1ccccc1N1CCCCC1. The van der Waals surface area contributed by atoms with E-state index in [1.54, 1.807) is 18.2 Å². The van der Waals surface area contributed by atoms with E-state index in [4.69, 9.17) is 4.74 Å². The monoisotopic (exact) mass is 380 g/mol. The van der Waals surface area contributed by atoms with Crippen LogP contribution in [0, 0.1) is 0 Å². The molecule has 1 N–H and O–H groups in total. The predicted octanol–water partition coefficient (Wildman–Crippen LogP) is 3.88. The molecule has 0 saturated carbocycles. The van der Waals surface area contributed by atoms with Gasteiger partial charge in [0.15, 0.2) is 0 Å². The van der Waals surface area contributed by atoms with Gasteiger partial charge in [-0.05, 0) is 49.4 Å². The van der Waals surface area contributed by atoms with Crippen LogP contribution in [0.1, 0.15) is 53.7 Å². The number of hydrogen-bond donors (Lipinski definition) is 1. The van der Waals surface area contributed by atoms with Gasteiger partial charge in [-0.1, -0.05) is 36.4 Å². The summed E-state index contributed by atoms with van der Waals surface area (Å²) in [7, 11) is 1.35. The van der Waals surface area contributed by atoms with Gasteiger partial charge >= 0.3 is 5.97 Å². The van der Waals surface area contributed by atoms with E-state index in [0.29, 0.717) is 11.1 Å². The minimum absolute atomic E-state index is 0.114. The van der Waals surface area contributed by atoms with Crippen LogP contribution in [0.2, 0.25) is 0 Å². The Morgan fingerprint density at radius 3 is 2.46 bits per heavy atom. The van der Waals surface area contributed by atoms with Crippen LogP contribution >= 0.6 is 0 Å². The lowest BCUT2D eigenvalue weighted by molar-refractivity contribution is -0.121. The zero-order valence-corrected chi connectivity index (χ0v) is 16.6. The number of carbonyl (C=O) groups excluding carboxylic acids is 2. The summed E-state index contributed by atoms with van der Waals surface area (Å²) >= 11 is 0. The Labute approximate surface area is 166 Å². The minimum atomic E-state index is -0.424. The van der Waals surface area contributed by atoms with Crippen molar-refractivity contribution >= 4 is 17.6 Å². The van der Waals surface area contributed by atoms with Gasteiger partial charge in [-0.3, -0.25) is 4.79 Å². The van der Waals surface area contributed by atoms with Gasteiger partial charge in [-0.2, -0.15) is 0 Å². The van der Waals surface area contributed by atoms with Crippen LogP contribution in [-0.4, -0.2) is 32.1 Å². The highest BCUT2D eigenvalue weighted by Gasteiger charge is 2.20. The van der Waals surface area contributed by atoms with Crippen molar-refractivity contribution in [3.05, 3.63) is 65.2 Å². The fourth-order valence-electron chi connectivity index (χ4n) is 3.80. The molecule has 5 nitrogen and oxygen atoms in total. The summed E-state index contributed by atoms with van der Waals surface area (Å²) < 4.78 is 4.82. The van der Waals surface area contributed by atoms with Crippen LogP contribution in [-0.2, 0) is 16.0 Å². The van der Waals surface area contributed by atoms with Gasteiger partial charge in [0.05, 0.1) is 25.1 Å². The average molecular weight is 380 g/mol. The van der Waals surface area contributed by atoms with Crippen molar-refractivity contribution < 1.29 is 14.3 Å². The molecule has 3 rings (SSSR count). The van der Waals surface area contributed by atoms with E-state index < -0.39 is 5.97 Å². The number of nitrogens with one attached hydrogen (secondary N) is 1. The van der Waals surface area contributed by atoms with Crippen LogP contribution in [0.4, 0.5) is 5.69 Å². The first-order chi connectivity index (χ1) is 13.6. The Morgan fingerprint density at radius 2 is 1.71 bits per heavy atom. The highest BCUT2D eigenvalue weighted by Crippen LogP contribution is 2.28. The third-order valence-electron chi connectivity index (χ3n) is 5.25. The van der Waals surface area contributed by atoms with Crippen molar-refractivity contribution in [3.8, 4) is 0 Å². The summed E-state index contributed by atoms with van der Waals surface area (Å²) in [6.07, 6.45) is 3.84.